The standard InChI is InChI=1S/C17H25NO/c1-12(2)19-16-6-4-3-5-15(16)11-18-17(13-7-8-13)14-9-10-14/h3-6,12-14,17-18H,7-11H2,1-2H3. The van der Waals surface area contributed by atoms with Gasteiger partial charge in [-0.25, -0.2) is 0 Å². The highest BCUT2D eigenvalue weighted by atomic mass is 16.5. The molecular formula is C17H25NO. The van der Waals surface area contributed by atoms with Gasteiger partial charge >= 0.3 is 0 Å². The van der Waals surface area contributed by atoms with E-state index in [1.807, 2.05) is 0 Å². The van der Waals surface area contributed by atoms with Gasteiger partial charge < -0.3 is 10.1 Å². The van der Waals surface area contributed by atoms with Crippen LogP contribution in [-0.2, 0) is 6.54 Å². The minimum absolute atomic E-state index is 0.240. The van der Waals surface area contributed by atoms with Crippen LogP contribution in [0.25, 0.3) is 0 Å². The third-order valence-electron chi connectivity index (χ3n) is 4.12. The Kier molecular flexibility index (Phi) is 3.79. The molecule has 2 fully saturated rings. The predicted octanol–water partition coefficient (Wildman–Crippen LogP) is 3.75. The quantitative estimate of drug-likeness (QED) is 0.805. The van der Waals surface area contributed by atoms with Crippen molar-refractivity contribution in [2.45, 2.75) is 58.2 Å². The second-order valence-electron chi connectivity index (χ2n) is 6.36. The Balaban J connectivity index is 1.62. The van der Waals surface area contributed by atoms with Gasteiger partial charge in [0.2, 0.25) is 0 Å². The molecule has 0 unspecified atom stereocenters. The molecule has 0 atom stereocenters. The van der Waals surface area contributed by atoms with Crippen molar-refractivity contribution in [2.24, 2.45) is 11.8 Å². The molecule has 0 aliphatic heterocycles. The second kappa shape index (κ2) is 5.54. The van der Waals surface area contributed by atoms with Crippen molar-refractivity contribution in [3.05, 3.63) is 29.8 Å². The molecule has 2 saturated carbocycles. The first-order valence-corrected chi connectivity index (χ1v) is 7.72. The van der Waals surface area contributed by atoms with E-state index in [1.165, 1.54) is 31.2 Å². The smallest absolute Gasteiger partial charge is 0.124 e. The molecule has 1 N–H and O–H groups in total. The van der Waals surface area contributed by atoms with E-state index in [-0.39, 0.29) is 6.10 Å². The predicted molar refractivity (Wildman–Crippen MR) is 78.3 cm³/mol. The van der Waals surface area contributed by atoms with Gasteiger partial charge in [0.25, 0.3) is 0 Å². The lowest BCUT2D eigenvalue weighted by molar-refractivity contribution is 0.239. The average molecular weight is 259 g/mol. The number of nitrogens with one attached hydrogen (secondary N) is 1. The molecular weight excluding hydrogens is 234 g/mol. The van der Waals surface area contributed by atoms with Gasteiger partial charge in [-0.3, -0.25) is 0 Å². The summed E-state index contributed by atoms with van der Waals surface area (Å²) in [5.74, 6) is 2.94. The fraction of sp³-hybridized carbons (Fsp3) is 0.647. The Bertz CT molecular complexity index is 409. The van der Waals surface area contributed by atoms with Gasteiger partial charge in [-0.1, -0.05) is 18.2 Å². The molecule has 3 rings (SSSR count). The van der Waals surface area contributed by atoms with E-state index in [9.17, 15) is 0 Å². The summed E-state index contributed by atoms with van der Waals surface area (Å²) in [5, 5.41) is 3.79. The normalized spacial score (nSPS) is 19.2. The topological polar surface area (TPSA) is 21.3 Å². The summed E-state index contributed by atoms with van der Waals surface area (Å²) >= 11 is 0. The zero-order valence-corrected chi connectivity index (χ0v) is 12.1. The molecule has 0 spiro atoms. The molecule has 0 radical (unpaired) electrons. The summed E-state index contributed by atoms with van der Waals surface area (Å²) in [6.45, 7) is 5.11. The molecule has 2 aliphatic carbocycles. The number of hydrogen-bond acceptors (Lipinski definition) is 2. The van der Waals surface area contributed by atoms with Crippen molar-refractivity contribution in [3.63, 3.8) is 0 Å². The summed E-state index contributed by atoms with van der Waals surface area (Å²) in [4.78, 5) is 0. The van der Waals surface area contributed by atoms with Crippen LogP contribution in [-0.4, -0.2) is 12.1 Å². The SMILES string of the molecule is CC(C)Oc1ccccc1CNC(C1CC1)C1CC1. The van der Waals surface area contributed by atoms with E-state index >= 15 is 0 Å². The molecule has 1 aromatic rings. The van der Waals surface area contributed by atoms with Crippen molar-refractivity contribution >= 4 is 0 Å². The van der Waals surface area contributed by atoms with Crippen LogP contribution in [0, 0.1) is 11.8 Å². The number of hydrogen-bond donors (Lipinski definition) is 1. The molecule has 19 heavy (non-hydrogen) atoms. The highest BCUT2D eigenvalue weighted by Crippen LogP contribution is 2.44. The van der Waals surface area contributed by atoms with Crippen LogP contribution in [0.2, 0.25) is 0 Å². The Morgan fingerprint density at radius 1 is 1.11 bits per heavy atom. The van der Waals surface area contributed by atoms with Crippen LogP contribution >= 0.6 is 0 Å². The lowest BCUT2D eigenvalue weighted by Gasteiger charge is -2.20. The summed E-state index contributed by atoms with van der Waals surface area (Å²) in [7, 11) is 0. The van der Waals surface area contributed by atoms with E-state index < -0.39 is 0 Å². The number of para-hydroxylation sites is 1. The maximum absolute atomic E-state index is 5.89. The van der Waals surface area contributed by atoms with Crippen LogP contribution in [0.15, 0.2) is 24.3 Å². The van der Waals surface area contributed by atoms with Gasteiger partial charge in [0.15, 0.2) is 0 Å². The first kappa shape index (κ1) is 13.0. The Morgan fingerprint density at radius 3 is 2.32 bits per heavy atom. The lowest BCUT2D eigenvalue weighted by Crippen LogP contribution is -2.32. The minimum Gasteiger partial charge on any atom is -0.491 e. The van der Waals surface area contributed by atoms with Crippen molar-refractivity contribution in [1.82, 2.24) is 5.32 Å². The second-order valence-corrected chi connectivity index (χ2v) is 6.36. The minimum atomic E-state index is 0.240. The largest absolute Gasteiger partial charge is 0.491 e. The van der Waals surface area contributed by atoms with Crippen LogP contribution in [0.1, 0.15) is 45.1 Å². The molecule has 2 nitrogen and oxygen atoms in total. The molecule has 0 amide bonds. The Labute approximate surface area is 116 Å². The van der Waals surface area contributed by atoms with E-state index in [0.29, 0.717) is 0 Å². The highest BCUT2D eigenvalue weighted by Gasteiger charge is 2.40. The fourth-order valence-corrected chi connectivity index (χ4v) is 2.88. The maximum atomic E-state index is 5.89. The van der Waals surface area contributed by atoms with E-state index in [1.54, 1.807) is 0 Å². The van der Waals surface area contributed by atoms with Gasteiger partial charge in [0.1, 0.15) is 5.75 Å². The first-order valence-electron chi connectivity index (χ1n) is 7.72. The zero-order chi connectivity index (χ0) is 13.2. The van der Waals surface area contributed by atoms with Crippen molar-refractivity contribution in [2.75, 3.05) is 0 Å². The summed E-state index contributed by atoms with van der Waals surface area (Å²) in [6.07, 6.45) is 5.96. The summed E-state index contributed by atoms with van der Waals surface area (Å²) < 4.78 is 5.89. The van der Waals surface area contributed by atoms with Crippen molar-refractivity contribution < 1.29 is 4.74 Å². The molecule has 2 heteroatoms. The first-order chi connectivity index (χ1) is 9.24. The van der Waals surface area contributed by atoms with Gasteiger partial charge in [0.05, 0.1) is 6.10 Å². The zero-order valence-electron chi connectivity index (χ0n) is 12.1. The number of ether oxygens (including phenoxy) is 1. The van der Waals surface area contributed by atoms with E-state index in [0.717, 1.165) is 30.2 Å². The summed E-state index contributed by atoms with van der Waals surface area (Å²) in [6, 6.07) is 9.18. The third kappa shape index (κ3) is 3.50. The van der Waals surface area contributed by atoms with Crippen LogP contribution in [0.3, 0.4) is 0 Å². The van der Waals surface area contributed by atoms with Gasteiger partial charge in [0, 0.05) is 18.2 Å². The molecule has 1 aromatic carbocycles. The molecule has 2 aliphatic rings. The number of benzene rings is 1. The third-order valence-corrected chi connectivity index (χ3v) is 4.12. The Hall–Kier alpha value is -1.02. The maximum Gasteiger partial charge on any atom is 0.124 e. The molecule has 0 heterocycles. The van der Waals surface area contributed by atoms with Crippen LogP contribution in [0.4, 0.5) is 0 Å². The summed E-state index contributed by atoms with van der Waals surface area (Å²) in [5.41, 5.74) is 1.29. The molecule has 0 saturated heterocycles. The Morgan fingerprint density at radius 2 is 1.74 bits per heavy atom. The highest BCUT2D eigenvalue weighted by molar-refractivity contribution is 5.33. The van der Waals surface area contributed by atoms with E-state index in [2.05, 4.69) is 43.4 Å². The van der Waals surface area contributed by atoms with Gasteiger partial charge in [-0.05, 0) is 57.4 Å². The number of rotatable bonds is 7. The molecule has 0 aromatic heterocycles. The van der Waals surface area contributed by atoms with E-state index in [4.69, 9.17) is 4.74 Å². The van der Waals surface area contributed by atoms with Gasteiger partial charge in [-0.15, -0.1) is 0 Å². The fourth-order valence-electron chi connectivity index (χ4n) is 2.88. The molecule has 104 valence electrons. The molecule has 0 bridgehead atoms. The van der Waals surface area contributed by atoms with Crippen molar-refractivity contribution in [3.8, 4) is 5.75 Å². The lowest BCUT2D eigenvalue weighted by atomic mass is 10.1. The van der Waals surface area contributed by atoms with Crippen molar-refractivity contribution in [1.29, 1.82) is 0 Å². The van der Waals surface area contributed by atoms with Gasteiger partial charge in [-0.2, -0.15) is 0 Å². The monoisotopic (exact) mass is 259 g/mol. The average Bonchev–Trinajstić information content (AvgIpc) is 3.25. The van der Waals surface area contributed by atoms with Crippen LogP contribution in [0.5, 0.6) is 5.75 Å². The van der Waals surface area contributed by atoms with Crippen LogP contribution < -0.4 is 10.1 Å².